The molecule has 0 spiro atoms. The molecular weight excluding hydrogens is 356 g/mol. The van der Waals surface area contributed by atoms with Gasteiger partial charge in [0.2, 0.25) is 5.91 Å². The number of ether oxygens (including phenoxy) is 1. The van der Waals surface area contributed by atoms with Gasteiger partial charge in [0.25, 0.3) is 0 Å². The second-order valence-electron chi connectivity index (χ2n) is 6.40. The van der Waals surface area contributed by atoms with Crippen LogP contribution < -0.4 is 4.90 Å². The van der Waals surface area contributed by atoms with E-state index in [0.717, 1.165) is 23.8 Å². The molecule has 5 nitrogen and oxygen atoms in total. The van der Waals surface area contributed by atoms with Gasteiger partial charge in [-0.25, -0.2) is 8.78 Å². The van der Waals surface area contributed by atoms with E-state index in [1.807, 2.05) is 19.1 Å². The Hall–Kier alpha value is -3.09. The fraction of sp³-hybridized carbons (Fsp3) is 0.250. The highest BCUT2D eigenvalue weighted by atomic mass is 19.2. The maximum Gasteiger partial charge on any atom is 0.311 e. The molecule has 0 unspecified atom stereocenters. The number of hydrogen-bond acceptors (Lipinski definition) is 4. The molecule has 1 fully saturated rings. The number of hydrogen-bond donors (Lipinski definition) is 0. The third-order valence-corrected chi connectivity index (χ3v) is 4.39. The van der Waals surface area contributed by atoms with Crippen LogP contribution in [0.1, 0.15) is 22.3 Å². The van der Waals surface area contributed by atoms with Crippen LogP contribution in [-0.4, -0.2) is 30.8 Å². The largest absolute Gasteiger partial charge is 0.457 e. The second kappa shape index (κ2) is 7.65. The molecule has 1 aliphatic rings. The number of esters is 1. The van der Waals surface area contributed by atoms with Gasteiger partial charge in [0.15, 0.2) is 24.0 Å². The first-order valence-electron chi connectivity index (χ1n) is 8.37. The van der Waals surface area contributed by atoms with Crippen molar-refractivity contribution < 1.29 is 27.9 Å². The fourth-order valence-electron chi connectivity index (χ4n) is 2.85. The first-order chi connectivity index (χ1) is 12.8. The minimum Gasteiger partial charge on any atom is -0.457 e. The predicted octanol–water partition coefficient (Wildman–Crippen LogP) is 3.05. The number of rotatable bonds is 5. The van der Waals surface area contributed by atoms with Gasteiger partial charge in [-0.1, -0.05) is 17.7 Å². The highest BCUT2D eigenvalue weighted by molar-refractivity contribution is 6.01. The van der Waals surface area contributed by atoms with Crippen LogP contribution in [0.4, 0.5) is 14.5 Å². The summed E-state index contributed by atoms with van der Waals surface area (Å²) in [5, 5.41) is 0. The first-order valence-corrected chi connectivity index (χ1v) is 8.37. The maximum atomic E-state index is 13.2. The van der Waals surface area contributed by atoms with Gasteiger partial charge in [-0.3, -0.25) is 14.4 Å². The summed E-state index contributed by atoms with van der Waals surface area (Å²) in [4.78, 5) is 37.8. The minimum absolute atomic E-state index is 0.00786. The van der Waals surface area contributed by atoms with E-state index < -0.39 is 35.9 Å². The van der Waals surface area contributed by atoms with Gasteiger partial charge in [-0.2, -0.15) is 0 Å². The van der Waals surface area contributed by atoms with Crippen molar-refractivity contribution in [3.05, 3.63) is 65.2 Å². The lowest BCUT2D eigenvalue weighted by molar-refractivity contribution is -0.147. The normalized spacial score (nSPS) is 16.5. The highest BCUT2D eigenvalue weighted by Gasteiger charge is 2.36. The van der Waals surface area contributed by atoms with Crippen LogP contribution in [0.15, 0.2) is 42.5 Å². The van der Waals surface area contributed by atoms with Crippen molar-refractivity contribution >= 4 is 23.3 Å². The van der Waals surface area contributed by atoms with Crippen LogP contribution in [0.25, 0.3) is 0 Å². The third-order valence-electron chi connectivity index (χ3n) is 4.39. The van der Waals surface area contributed by atoms with E-state index in [1.54, 1.807) is 12.1 Å². The highest BCUT2D eigenvalue weighted by Crippen LogP contribution is 2.26. The van der Waals surface area contributed by atoms with E-state index in [2.05, 4.69) is 0 Å². The molecule has 1 aliphatic heterocycles. The van der Waals surface area contributed by atoms with Gasteiger partial charge in [0.05, 0.1) is 5.92 Å². The smallest absolute Gasteiger partial charge is 0.311 e. The van der Waals surface area contributed by atoms with E-state index in [0.29, 0.717) is 5.69 Å². The maximum absolute atomic E-state index is 13.2. The number of benzene rings is 2. The summed E-state index contributed by atoms with van der Waals surface area (Å²) in [5.41, 5.74) is 1.65. The van der Waals surface area contributed by atoms with Gasteiger partial charge in [-0.05, 0) is 37.3 Å². The number of Topliss-reactive ketones (excluding diaryl/α,β-unsaturated/α-hetero) is 1. The van der Waals surface area contributed by atoms with Crippen LogP contribution >= 0.6 is 0 Å². The molecular formula is C20H17F2NO4. The second-order valence-corrected chi connectivity index (χ2v) is 6.40. The predicted molar refractivity (Wildman–Crippen MR) is 93.3 cm³/mol. The molecule has 7 heteroatoms. The number of amides is 1. The zero-order valence-electron chi connectivity index (χ0n) is 14.6. The van der Waals surface area contributed by atoms with Gasteiger partial charge < -0.3 is 9.64 Å². The SMILES string of the molecule is Cc1ccc(N2C[C@@H](C(=O)OCC(=O)c3ccc(F)c(F)c3)CC2=O)cc1. The summed E-state index contributed by atoms with van der Waals surface area (Å²) in [7, 11) is 0. The number of carbonyl (C=O) groups excluding carboxylic acids is 3. The zero-order chi connectivity index (χ0) is 19.6. The standard InChI is InChI=1S/C20H17F2NO4/c1-12-2-5-15(6-3-12)23-10-14(9-19(23)25)20(26)27-11-18(24)13-4-7-16(21)17(22)8-13/h2-8,14H,9-11H2,1H3/t14-/m0/s1. The lowest BCUT2D eigenvalue weighted by atomic mass is 10.1. The molecule has 0 aliphatic carbocycles. The Kier molecular flexibility index (Phi) is 5.30. The number of anilines is 1. The molecule has 1 heterocycles. The number of nitrogens with zero attached hydrogens (tertiary/aromatic N) is 1. The topological polar surface area (TPSA) is 63.7 Å². The van der Waals surface area contributed by atoms with Crippen LogP contribution in [0.3, 0.4) is 0 Å². The summed E-state index contributed by atoms with van der Waals surface area (Å²) in [5.74, 6) is -4.42. The van der Waals surface area contributed by atoms with Crippen molar-refractivity contribution in [3.63, 3.8) is 0 Å². The molecule has 0 aromatic heterocycles. The van der Waals surface area contributed by atoms with Crippen molar-refractivity contribution in [2.24, 2.45) is 5.92 Å². The van der Waals surface area contributed by atoms with Crippen LogP contribution in [0, 0.1) is 24.5 Å². The van der Waals surface area contributed by atoms with Gasteiger partial charge >= 0.3 is 5.97 Å². The summed E-state index contributed by atoms with van der Waals surface area (Å²) in [6.45, 7) is 1.50. The van der Waals surface area contributed by atoms with Crippen molar-refractivity contribution in [2.45, 2.75) is 13.3 Å². The summed E-state index contributed by atoms with van der Waals surface area (Å²) < 4.78 is 31.1. The van der Waals surface area contributed by atoms with E-state index >= 15 is 0 Å². The first kappa shape index (κ1) is 18.7. The fourth-order valence-corrected chi connectivity index (χ4v) is 2.85. The molecule has 1 saturated heterocycles. The van der Waals surface area contributed by atoms with Crippen LogP contribution in [0.5, 0.6) is 0 Å². The van der Waals surface area contributed by atoms with Gasteiger partial charge in [-0.15, -0.1) is 0 Å². The summed E-state index contributed by atoms with van der Waals surface area (Å²) >= 11 is 0. The number of aryl methyl sites for hydroxylation is 1. The van der Waals surface area contributed by atoms with Gasteiger partial charge in [0.1, 0.15) is 0 Å². The minimum atomic E-state index is -1.15. The van der Waals surface area contributed by atoms with Crippen LogP contribution in [-0.2, 0) is 14.3 Å². The van der Waals surface area contributed by atoms with Crippen LogP contribution in [0.2, 0.25) is 0 Å². The Morgan fingerprint density at radius 3 is 2.48 bits per heavy atom. The quantitative estimate of drug-likeness (QED) is 0.597. The molecule has 0 N–H and O–H groups in total. The molecule has 0 radical (unpaired) electrons. The lowest BCUT2D eigenvalue weighted by Gasteiger charge is -2.16. The average molecular weight is 373 g/mol. The Labute approximate surface area is 154 Å². The molecule has 0 saturated carbocycles. The third kappa shape index (κ3) is 4.19. The van der Waals surface area contributed by atoms with E-state index in [1.165, 1.54) is 4.90 Å². The number of ketones is 1. The molecule has 2 aromatic rings. The molecule has 1 amide bonds. The molecule has 140 valence electrons. The molecule has 27 heavy (non-hydrogen) atoms. The lowest BCUT2D eigenvalue weighted by Crippen LogP contribution is -2.27. The average Bonchev–Trinajstić information content (AvgIpc) is 3.04. The Bertz CT molecular complexity index is 895. The molecule has 0 bridgehead atoms. The van der Waals surface area contributed by atoms with Gasteiger partial charge in [0, 0.05) is 24.2 Å². The number of halogens is 2. The molecule has 2 aromatic carbocycles. The molecule has 3 rings (SSSR count). The molecule has 1 atom stereocenters. The summed E-state index contributed by atoms with van der Waals surface area (Å²) in [6, 6.07) is 10.0. The zero-order valence-corrected chi connectivity index (χ0v) is 14.6. The number of carbonyl (C=O) groups is 3. The van der Waals surface area contributed by atoms with E-state index in [4.69, 9.17) is 4.74 Å². The Morgan fingerprint density at radius 2 is 1.81 bits per heavy atom. The van der Waals surface area contributed by atoms with Crippen molar-refractivity contribution in [2.75, 3.05) is 18.1 Å². The van der Waals surface area contributed by atoms with E-state index in [-0.39, 0.29) is 24.4 Å². The van der Waals surface area contributed by atoms with E-state index in [9.17, 15) is 23.2 Å². The van der Waals surface area contributed by atoms with Crippen molar-refractivity contribution in [3.8, 4) is 0 Å². The van der Waals surface area contributed by atoms with Crippen molar-refractivity contribution in [1.82, 2.24) is 0 Å². The Morgan fingerprint density at radius 1 is 1.11 bits per heavy atom. The summed E-state index contributed by atoms with van der Waals surface area (Å²) in [6.07, 6.45) is -0.00786. The monoisotopic (exact) mass is 373 g/mol. The van der Waals surface area contributed by atoms with Crippen molar-refractivity contribution in [1.29, 1.82) is 0 Å². The Balaban J connectivity index is 1.58.